The fraction of sp³-hybridized carbons (Fsp3) is 0.286. The Balaban J connectivity index is 2.45. The molecule has 1 heterocycles. The van der Waals surface area contributed by atoms with Crippen molar-refractivity contribution in [2.24, 2.45) is 5.73 Å². The second-order valence-electron chi connectivity index (χ2n) is 4.45. The van der Waals surface area contributed by atoms with Crippen LogP contribution in [0.2, 0.25) is 0 Å². The summed E-state index contributed by atoms with van der Waals surface area (Å²) in [5.41, 5.74) is 7.45. The Kier molecular flexibility index (Phi) is 4.46. The van der Waals surface area contributed by atoms with E-state index in [-0.39, 0.29) is 11.6 Å². The zero-order valence-corrected chi connectivity index (χ0v) is 12.5. The maximum atomic E-state index is 11.5. The molecule has 6 heteroatoms. The Bertz CT molecular complexity index is 668. The zero-order valence-electron chi connectivity index (χ0n) is 11.6. The third kappa shape index (κ3) is 3.20. The molecule has 1 atom stereocenters. The summed E-state index contributed by atoms with van der Waals surface area (Å²) in [7, 11) is 1.61. The van der Waals surface area contributed by atoms with E-state index in [1.807, 2.05) is 25.1 Å². The lowest BCUT2D eigenvalue weighted by Crippen LogP contribution is -2.10. The normalized spacial score (nSPS) is 12.2. The summed E-state index contributed by atoms with van der Waals surface area (Å²) < 4.78 is 5.35. The van der Waals surface area contributed by atoms with Crippen LogP contribution in [-0.4, -0.2) is 17.1 Å². The smallest absolute Gasteiger partial charge is 0.251 e. The minimum absolute atomic E-state index is 0.162. The van der Waals surface area contributed by atoms with Crippen molar-refractivity contribution in [2.45, 2.75) is 29.9 Å². The quantitative estimate of drug-likeness (QED) is 0.844. The molecule has 0 saturated carbocycles. The van der Waals surface area contributed by atoms with Crippen LogP contribution in [-0.2, 0) is 0 Å². The maximum Gasteiger partial charge on any atom is 0.251 e. The average Bonchev–Trinajstić information content (AvgIpc) is 2.36. The first-order valence-electron chi connectivity index (χ1n) is 6.19. The fourth-order valence-electron chi connectivity index (χ4n) is 1.94. The molecule has 0 aliphatic rings. The van der Waals surface area contributed by atoms with Crippen LogP contribution in [0, 0.1) is 6.92 Å². The van der Waals surface area contributed by atoms with E-state index < -0.39 is 0 Å². The number of hydrogen-bond acceptors (Lipinski definition) is 5. The van der Waals surface area contributed by atoms with E-state index >= 15 is 0 Å². The number of rotatable bonds is 4. The van der Waals surface area contributed by atoms with E-state index in [0.29, 0.717) is 10.9 Å². The molecule has 0 aliphatic heterocycles. The fourth-order valence-corrected chi connectivity index (χ4v) is 3.04. The van der Waals surface area contributed by atoms with E-state index in [0.717, 1.165) is 16.2 Å². The van der Waals surface area contributed by atoms with Crippen LogP contribution >= 0.6 is 11.8 Å². The minimum Gasteiger partial charge on any atom is -0.496 e. The first-order chi connectivity index (χ1) is 9.51. The zero-order chi connectivity index (χ0) is 14.7. The van der Waals surface area contributed by atoms with Gasteiger partial charge in [-0.1, -0.05) is 17.8 Å². The molecule has 0 amide bonds. The molecule has 0 radical (unpaired) electrons. The number of aryl methyl sites for hydroxylation is 1. The molecule has 2 rings (SSSR count). The molecule has 0 saturated heterocycles. The first kappa shape index (κ1) is 14.6. The summed E-state index contributed by atoms with van der Waals surface area (Å²) in [6.07, 6.45) is 0. The maximum absolute atomic E-state index is 11.5. The van der Waals surface area contributed by atoms with Crippen LogP contribution in [0.15, 0.2) is 39.1 Å². The lowest BCUT2D eigenvalue weighted by Gasteiger charge is -2.16. The number of nitrogens with two attached hydrogens (primary N) is 1. The Labute approximate surface area is 121 Å². The molecule has 1 aromatic carbocycles. The number of nitrogens with zero attached hydrogens (tertiary/aromatic N) is 1. The van der Waals surface area contributed by atoms with Crippen molar-refractivity contribution in [3.05, 3.63) is 45.9 Å². The summed E-state index contributed by atoms with van der Waals surface area (Å²) in [6, 6.07) is 6.98. The molecule has 2 aromatic rings. The molecule has 1 aromatic heterocycles. The highest BCUT2D eigenvalue weighted by molar-refractivity contribution is 7.99. The highest BCUT2D eigenvalue weighted by Gasteiger charge is 2.15. The molecule has 106 valence electrons. The Morgan fingerprint density at radius 3 is 2.80 bits per heavy atom. The average molecular weight is 291 g/mol. The minimum atomic E-state index is -0.176. The van der Waals surface area contributed by atoms with Gasteiger partial charge in [0.25, 0.3) is 5.56 Å². The van der Waals surface area contributed by atoms with Crippen molar-refractivity contribution in [2.75, 3.05) is 7.11 Å². The largest absolute Gasteiger partial charge is 0.496 e. The van der Waals surface area contributed by atoms with Gasteiger partial charge < -0.3 is 15.5 Å². The second-order valence-corrected chi connectivity index (χ2v) is 5.49. The highest BCUT2D eigenvalue weighted by atomic mass is 32.2. The molecule has 0 aliphatic carbocycles. The number of ether oxygens (including phenoxy) is 1. The van der Waals surface area contributed by atoms with Crippen molar-refractivity contribution >= 4 is 11.8 Å². The molecule has 0 unspecified atom stereocenters. The van der Waals surface area contributed by atoms with Gasteiger partial charge in [0.15, 0.2) is 5.16 Å². The van der Waals surface area contributed by atoms with Crippen LogP contribution in [0.25, 0.3) is 0 Å². The number of hydrogen-bond donors (Lipinski definition) is 2. The van der Waals surface area contributed by atoms with Crippen molar-refractivity contribution in [1.82, 2.24) is 9.97 Å². The standard InChI is InChI=1S/C14H17N3O2S/c1-8-7-12(18)17-14(16-8)20-11-6-4-5-10(19-3)13(11)9(2)15/h4-7,9H,15H2,1-3H3,(H,16,17,18)/t9-/m0/s1. The van der Waals surface area contributed by atoms with Gasteiger partial charge >= 0.3 is 0 Å². The number of nitrogens with one attached hydrogen (secondary N) is 1. The van der Waals surface area contributed by atoms with Crippen molar-refractivity contribution in [1.29, 1.82) is 0 Å². The van der Waals surface area contributed by atoms with Gasteiger partial charge in [-0.2, -0.15) is 0 Å². The van der Waals surface area contributed by atoms with Crippen molar-refractivity contribution < 1.29 is 4.74 Å². The third-order valence-corrected chi connectivity index (χ3v) is 3.72. The number of benzene rings is 1. The van der Waals surface area contributed by atoms with Gasteiger partial charge in [-0.3, -0.25) is 4.79 Å². The van der Waals surface area contributed by atoms with Crippen LogP contribution in [0.3, 0.4) is 0 Å². The number of aromatic nitrogens is 2. The van der Waals surface area contributed by atoms with E-state index in [9.17, 15) is 4.79 Å². The van der Waals surface area contributed by atoms with Gasteiger partial charge in [0.2, 0.25) is 0 Å². The Hall–Kier alpha value is -1.79. The molecule has 3 N–H and O–H groups in total. The molecule has 0 fully saturated rings. The number of methoxy groups -OCH3 is 1. The number of aromatic amines is 1. The number of H-pyrrole nitrogens is 1. The molecular weight excluding hydrogens is 274 g/mol. The predicted molar refractivity (Wildman–Crippen MR) is 79.3 cm³/mol. The van der Waals surface area contributed by atoms with Gasteiger partial charge in [-0.05, 0) is 26.0 Å². The molecule has 5 nitrogen and oxygen atoms in total. The highest BCUT2D eigenvalue weighted by Crippen LogP contribution is 2.36. The van der Waals surface area contributed by atoms with E-state index in [4.69, 9.17) is 10.5 Å². The summed E-state index contributed by atoms with van der Waals surface area (Å²) >= 11 is 1.37. The van der Waals surface area contributed by atoms with Gasteiger partial charge in [0.1, 0.15) is 5.75 Å². The van der Waals surface area contributed by atoms with Crippen LogP contribution in [0.1, 0.15) is 24.2 Å². The van der Waals surface area contributed by atoms with E-state index in [1.165, 1.54) is 17.8 Å². The van der Waals surface area contributed by atoms with Gasteiger partial charge in [0.05, 0.1) is 7.11 Å². The Morgan fingerprint density at radius 1 is 1.45 bits per heavy atom. The molecule has 20 heavy (non-hydrogen) atoms. The Morgan fingerprint density at radius 2 is 2.20 bits per heavy atom. The lowest BCUT2D eigenvalue weighted by molar-refractivity contribution is 0.405. The lowest BCUT2D eigenvalue weighted by atomic mass is 10.1. The summed E-state index contributed by atoms with van der Waals surface area (Å²) in [4.78, 5) is 19.4. The van der Waals surface area contributed by atoms with Crippen LogP contribution in [0.4, 0.5) is 0 Å². The van der Waals surface area contributed by atoms with Crippen LogP contribution < -0.4 is 16.0 Å². The summed E-state index contributed by atoms with van der Waals surface area (Å²) in [5.74, 6) is 0.736. The van der Waals surface area contributed by atoms with E-state index in [2.05, 4.69) is 9.97 Å². The summed E-state index contributed by atoms with van der Waals surface area (Å²) in [6.45, 7) is 3.69. The second kappa shape index (κ2) is 6.11. The van der Waals surface area contributed by atoms with Gasteiger partial charge in [0, 0.05) is 28.3 Å². The summed E-state index contributed by atoms with van der Waals surface area (Å²) in [5, 5.41) is 0.546. The monoisotopic (exact) mass is 291 g/mol. The first-order valence-corrected chi connectivity index (χ1v) is 7.01. The molecular formula is C14H17N3O2S. The van der Waals surface area contributed by atoms with Gasteiger partial charge in [-0.15, -0.1) is 0 Å². The SMILES string of the molecule is COc1cccc(Sc2nc(C)cc(=O)[nH]2)c1[C@H](C)N. The third-order valence-electron chi connectivity index (χ3n) is 2.76. The predicted octanol–water partition coefficient (Wildman–Crippen LogP) is 2.26. The van der Waals surface area contributed by atoms with Gasteiger partial charge in [-0.25, -0.2) is 4.98 Å². The van der Waals surface area contributed by atoms with E-state index in [1.54, 1.807) is 14.0 Å². The topological polar surface area (TPSA) is 81.0 Å². The molecule has 0 bridgehead atoms. The molecule has 0 spiro atoms. The van der Waals surface area contributed by atoms with Crippen molar-refractivity contribution in [3.63, 3.8) is 0 Å². The van der Waals surface area contributed by atoms with Crippen molar-refractivity contribution in [3.8, 4) is 5.75 Å². The van der Waals surface area contributed by atoms with Crippen LogP contribution in [0.5, 0.6) is 5.75 Å².